The highest BCUT2D eigenvalue weighted by atomic mass is 79.9. The molecule has 3 aliphatic heterocycles. The molecule has 0 spiro atoms. The van der Waals surface area contributed by atoms with Crippen LogP contribution in [0, 0.1) is 17.8 Å². The second kappa shape index (κ2) is 11.4. The van der Waals surface area contributed by atoms with E-state index in [2.05, 4.69) is 33.0 Å². The fourth-order valence-electron chi connectivity index (χ4n) is 8.62. The molecule has 0 aromatic heterocycles. The number of amides is 4. The predicted octanol–water partition coefficient (Wildman–Crippen LogP) is 4.82. The van der Waals surface area contributed by atoms with E-state index in [1.165, 1.54) is 24.6 Å². The van der Waals surface area contributed by atoms with Gasteiger partial charge in [0.25, 0.3) is 11.8 Å². The van der Waals surface area contributed by atoms with Crippen molar-refractivity contribution in [2.75, 3.05) is 27.2 Å². The Balaban J connectivity index is 1.24. The number of likely N-dealkylation sites (tertiary alicyclic amines) is 3. The van der Waals surface area contributed by atoms with Crippen molar-refractivity contribution in [1.29, 1.82) is 0 Å². The van der Waals surface area contributed by atoms with Crippen molar-refractivity contribution in [3.8, 4) is 11.5 Å². The van der Waals surface area contributed by atoms with Crippen molar-refractivity contribution in [3.63, 3.8) is 0 Å². The van der Waals surface area contributed by atoms with Crippen LogP contribution in [-0.2, 0) is 25.7 Å². The number of hydrogen-bond acceptors (Lipinski definition) is 7. The number of piperidine rings is 1. The molecule has 9 nitrogen and oxygen atoms in total. The van der Waals surface area contributed by atoms with E-state index in [1.807, 2.05) is 24.3 Å². The second-order valence-electron chi connectivity index (χ2n) is 13.1. The highest BCUT2D eigenvalue weighted by Gasteiger charge is 2.76. The van der Waals surface area contributed by atoms with Crippen molar-refractivity contribution < 1.29 is 29.0 Å². The first-order valence-corrected chi connectivity index (χ1v) is 17.1. The molecule has 1 saturated carbocycles. The lowest BCUT2D eigenvalue weighted by atomic mass is 9.56. The fourth-order valence-corrected chi connectivity index (χ4v) is 10.1. The average Bonchev–Trinajstić information content (AvgIpc) is 3.37. The van der Waals surface area contributed by atoms with Crippen LogP contribution in [-0.4, -0.2) is 86.5 Å². The Morgan fingerprint density at radius 2 is 1.70 bits per heavy atom. The lowest BCUT2D eigenvalue weighted by Gasteiger charge is -2.50. The van der Waals surface area contributed by atoms with E-state index in [9.17, 15) is 24.3 Å². The average molecular weight is 731 g/mol. The van der Waals surface area contributed by atoms with Gasteiger partial charge in [-0.1, -0.05) is 57.9 Å². The molecular weight excluding hydrogens is 697 g/mol. The smallest absolute Gasteiger partial charge is 0.253 e. The van der Waals surface area contributed by atoms with Gasteiger partial charge >= 0.3 is 0 Å². The van der Waals surface area contributed by atoms with Gasteiger partial charge in [-0.05, 0) is 49.3 Å². The summed E-state index contributed by atoms with van der Waals surface area (Å²) in [6.07, 6.45) is 3.39. The van der Waals surface area contributed by atoms with Crippen LogP contribution in [0.3, 0.4) is 0 Å². The first-order valence-electron chi connectivity index (χ1n) is 15.5. The van der Waals surface area contributed by atoms with Crippen molar-refractivity contribution >= 4 is 62.8 Å². The largest absolute Gasteiger partial charge is 0.504 e. The van der Waals surface area contributed by atoms with Gasteiger partial charge in [0, 0.05) is 48.7 Å². The van der Waals surface area contributed by atoms with Crippen LogP contribution in [0.4, 0.5) is 0 Å². The first kappa shape index (κ1) is 31.7. The molecule has 0 bridgehead atoms. The molecule has 46 heavy (non-hydrogen) atoms. The van der Waals surface area contributed by atoms with E-state index in [1.54, 1.807) is 12.1 Å². The number of allylic oxidation sites excluding steroid dienone is 2. The maximum absolute atomic E-state index is 14.4. The molecule has 7 rings (SSSR count). The zero-order valence-corrected chi connectivity index (χ0v) is 28.5. The van der Waals surface area contributed by atoms with Crippen molar-refractivity contribution in [3.05, 3.63) is 69.7 Å². The van der Waals surface area contributed by atoms with Gasteiger partial charge in [0.1, 0.15) is 0 Å². The maximum Gasteiger partial charge on any atom is 0.253 e. The Kier molecular flexibility index (Phi) is 7.82. The van der Waals surface area contributed by atoms with Gasteiger partial charge in [0.2, 0.25) is 11.8 Å². The summed E-state index contributed by atoms with van der Waals surface area (Å²) in [5.74, 6) is -5.02. The number of alkyl halides is 2. The van der Waals surface area contributed by atoms with E-state index in [0.29, 0.717) is 22.9 Å². The normalized spacial score (nSPS) is 33.2. The second-order valence-corrected chi connectivity index (χ2v) is 15.2. The van der Waals surface area contributed by atoms with Crippen LogP contribution < -0.4 is 4.74 Å². The minimum Gasteiger partial charge on any atom is -0.504 e. The molecule has 2 aliphatic carbocycles. The van der Waals surface area contributed by atoms with Crippen molar-refractivity contribution in [2.24, 2.45) is 17.8 Å². The number of halogens is 3. The molecule has 3 saturated heterocycles. The lowest BCUT2D eigenvalue weighted by Crippen LogP contribution is -2.60. The molecule has 2 aromatic carbocycles. The number of fused-ring (bicyclic) bond motifs is 4. The van der Waals surface area contributed by atoms with Gasteiger partial charge in [-0.3, -0.25) is 33.9 Å². The third kappa shape index (κ3) is 4.43. The molecule has 0 unspecified atom stereocenters. The zero-order chi connectivity index (χ0) is 32.7. The Labute approximate surface area is 285 Å². The van der Waals surface area contributed by atoms with Crippen LogP contribution in [0.2, 0.25) is 0 Å². The Morgan fingerprint density at radius 3 is 2.37 bits per heavy atom. The summed E-state index contributed by atoms with van der Waals surface area (Å²) >= 11 is 18.0. The van der Waals surface area contributed by atoms with Gasteiger partial charge in [0.15, 0.2) is 21.2 Å². The molecule has 4 fully saturated rings. The summed E-state index contributed by atoms with van der Waals surface area (Å²) < 4.78 is 5.96. The number of carbonyl (C=O) groups is 4. The van der Waals surface area contributed by atoms with Crippen molar-refractivity contribution in [2.45, 2.75) is 53.9 Å². The number of rotatable bonds is 5. The number of carbonyl (C=O) groups excluding carboxylic acids is 4. The maximum atomic E-state index is 14.4. The highest BCUT2D eigenvalue weighted by Crippen LogP contribution is 2.66. The number of nitrogens with zero attached hydrogens (tertiary/aromatic N) is 3. The Hall–Kier alpha value is -2.92. The molecule has 1 N–H and O–H groups in total. The molecule has 242 valence electrons. The Morgan fingerprint density at radius 1 is 1.00 bits per heavy atom. The van der Waals surface area contributed by atoms with Gasteiger partial charge < -0.3 is 9.84 Å². The molecule has 6 atom stereocenters. The number of phenolic OH excluding ortho intramolecular Hbond substituents is 1. The summed E-state index contributed by atoms with van der Waals surface area (Å²) in [6, 6.07) is 13.2. The first-order chi connectivity index (χ1) is 21.9. The molecule has 2 aromatic rings. The number of benzene rings is 2. The number of methoxy groups -OCH3 is 1. The molecular formula is C34H34BrCl2N3O6. The van der Waals surface area contributed by atoms with Gasteiger partial charge in [-0.25, -0.2) is 0 Å². The molecule has 5 aliphatic rings. The van der Waals surface area contributed by atoms with E-state index < -0.39 is 45.2 Å². The SMILES string of the molecule is COc1cc(Br)cc([C@H]2C3=CC[C@@H]4C(=O)N(C5CCN(Cc6ccccc6)CC5)C(=O)[C@@H]4[C@@H]3C[C@@]3(Cl)C(=O)N(C)C(=O)[C@@]23Cl)c1O. The number of aromatic hydroxyl groups is 1. The minimum atomic E-state index is -1.99. The van der Waals surface area contributed by atoms with Crippen LogP contribution in [0.25, 0.3) is 0 Å². The van der Waals surface area contributed by atoms with Crippen LogP contribution in [0.1, 0.15) is 42.7 Å². The predicted molar refractivity (Wildman–Crippen MR) is 174 cm³/mol. The molecule has 0 radical (unpaired) electrons. The quantitative estimate of drug-likeness (QED) is 0.267. The summed E-state index contributed by atoms with van der Waals surface area (Å²) in [7, 11) is 2.75. The van der Waals surface area contributed by atoms with Crippen LogP contribution in [0.15, 0.2) is 58.6 Å². The summed E-state index contributed by atoms with van der Waals surface area (Å²) in [4.78, 5) is 56.7. The minimum absolute atomic E-state index is 0.0925. The van der Waals surface area contributed by atoms with Gasteiger partial charge in [-0.2, -0.15) is 0 Å². The third-order valence-corrected chi connectivity index (χ3v) is 12.7. The summed E-state index contributed by atoms with van der Waals surface area (Å²) in [6.45, 7) is 2.32. The lowest BCUT2D eigenvalue weighted by molar-refractivity contribution is -0.144. The Bertz CT molecular complexity index is 1680. The van der Waals surface area contributed by atoms with Crippen LogP contribution in [0.5, 0.6) is 11.5 Å². The van der Waals surface area contributed by atoms with Crippen molar-refractivity contribution in [1.82, 2.24) is 14.7 Å². The van der Waals surface area contributed by atoms with Gasteiger partial charge in [-0.15, -0.1) is 23.2 Å². The van der Waals surface area contributed by atoms with Gasteiger partial charge in [0.05, 0.1) is 18.9 Å². The summed E-state index contributed by atoms with van der Waals surface area (Å²) in [5, 5.41) is 11.4. The third-order valence-electron chi connectivity index (χ3n) is 10.8. The van der Waals surface area contributed by atoms with E-state index in [4.69, 9.17) is 27.9 Å². The standard InChI is InChI=1S/C34H34BrCl2N3O6/c1-38-31(44)33(36)16-24-21(27(34(33,37)32(38)45)23-14-19(35)15-25(46-2)28(23)41)8-9-22-26(24)30(43)40(29(22)42)20-10-12-39(13-11-20)17-18-6-4-3-5-7-18/h3-8,14-15,20,22,24,26-27,41H,9-13,16-17H2,1-2H3/t22-,24+,26-,27+,33+,34-/m0/s1. The van der Waals surface area contributed by atoms with E-state index in [-0.39, 0.29) is 47.8 Å². The molecule has 4 amide bonds. The topological polar surface area (TPSA) is 107 Å². The van der Waals surface area contributed by atoms with E-state index in [0.717, 1.165) is 24.5 Å². The highest BCUT2D eigenvalue weighted by molar-refractivity contribution is 9.10. The fraction of sp³-hybridized carbons (Fsp3) is 0.471. The molecule has 3 heterocycles. The number of imide groups is 2. The zero-order valence-electron chi connectivity index (χ0n) is 25.4. The molecule has 12 heteroatoms. The monoisotopic (exact) mass is 729 g/mol. The number of ether oxygens (including phenoxy) is 1. The van der Waals surface area contributed by atoms with Crippen LogP contribution >= 0.6 is 39.1 Å². The van der Waals surface area contributed by atoms with E-state index >= 15 is 0 Å². The number of hydrogen-bond donors (Lipinski definition) is 1. The summed E-state index contributed by atoms with van der Waals surface area (Å²) in [5.41, 5.74) is 2.09. The number of phenols is 1.